The van der Waals surface area contributed by atoms with Crippen LogP contribution in [0.15, 0.2) is 42.1 Å². The molecule has 0 radical (unpaired) electrons. The van der Waals surface area contributed by atoms with Crippen LogP contribution in [0.5, 0.6) is 0 Å². The molecule has 1 unspecified atom stereocenters. The highest BCUT2D eigenvalue weighted by atomic mass is 16.1. The van der Waals surface area contributed by atoms with Crippen LogP contribution in [0.4, 0.5) is 5.69 Å². The molecule has 0 bridgehead atoms. The third kappa shape index (κ3) is 1.73. The van der Waals surface area contributed by atoms with E-state index in [0.29, 0.717) is 0 Å². The van der Waals surface area contributed by atoms with Gasteiger partial charge in [0.1, 0.15) is 6.29 Å². The second-order valence-electron chi connectivity index (χ2n) is 3.52. The van der Waals surface area contributed by atoms with Crippen molar-refractivity contribution >= 4 is 12.0 Å². The number of para-hydroxylation sites is 1. The Kier molecular flexibility index (Phi) is 2.72. The summed E-state index contributed by atoms with van der Waals surface area (Å²) in [6, 6.07) is 10.2. The molecule has 0 aliphatic carbocycles. The fourth-order valence-electron chi connectivity index (χ4n) is 1.85. The number of hydrogen-bond acceptors (Lipinski definition) is 3. The van der Waals surface area contributed by atoms with Crippen molar-refractivity contribution in [1.29, 1.82) is 0 Å². The van der Waals surface area contributed by atoms with E-state index in [1.165, 1.54) is 0 Å². The van der Waals surface area contributed by atoms with Crippen LogP contribution in [0.3, 0.4) is 0 Å². The lowest BCUT2D eigenvalue weighted by atomic mass is 10.1. The maximum atomic E-state index is 10.8. The molecule has 3 nitrogen and oxygen atoms in total. The molecule has 0 fully saturated rings. The molecule has 0 saturated heterocycles. The molecule has 1 heterocycles. The van der Waals surface area contributed by atoms with Crippen molar-refractivity contribution in [1.82, 2.24) is 5.43 Å². The van der Waals surface area contributed by atoms with Gasteiger partial charge in [0, 0.05) is 11.8 Å². The van der Waals surface area contributed by atoms with Gasteiger partial charge in [0.25, 0.3) is 0 Å². The van der Waals surface area contributed by atoms with E-state index < -0.39 is 0 Å². The van der Waals surface area contributed by atoms with Crippen LogP contribution in [-0.4, -0.2) is 12.3 Å². The lowest BCUT2D eigenvalue weighted by Gasteiger charge is -2.26. The van der Waals surface area contributed by atoms with Crippen LogP contribution in [-0.2, 0) is 4.79 Å². The van der Waals surface area contributed by atoms with E-state index in [2.05, 4.69) is 12.3 Å². The van der Waals surface area contributed by atoms with Gasteiger partial charge in [-0.05, 0) is 18.6 Å². The molecular formula is C12H14N2O. The van der Waals surface area contributed by atoms with Crippen molar-refractivity contribution < 1.29 is 4.79 Å². The molecule has 0 amide bonds. The van der Waals surface area contributed by atoms with Crippen LogP contribution in [0.25, 0.3) is 0 Å². The van der Waals surface area contributed by atoms with E-state index in [1.807, 2.05) is 35.3 Å². The Morgan fingerprint density at radius 2 is 2.13 bits per heavy atom. The molecule has 1 aromatic carbocycles. The first-order valence-corrected chi connectivity index (χ1v) is 5.12. The van der Waals surface area contributed by atoms with Crippen LogP contribution in [0, 0.1) is 0 Å². The summed E-state index contributed by atoms with van der Waals surface area (Å²) in [6.07, 6.45) is 3.60. The molecule has 1 N–H and O–H groups in total. The monoisotopic (exact) mass is 202 g/mol. The summed E-state index contributed by atoms with van der Waals surface area (Å²) < 4.78 is 0. The Bertz CT molecular complexity index is 372. The predicted octanol–water partition coefficient (Wildman–Crippen LogP) is 1.87. The number of carbonyl (C=O) groups excluding carboxylic acids is 1. The molecule has 3 heteroatoms. The number of carbonyl (C=O) groups is 1. The number of hydrogen-bond donors (Lipinski definition) is 1. The summed E-state index contributed by atoms with van der Waals surface area (Å²) in [5.74, 6) is 0. The molecule has 1 atom stereocenters. The number of rotatable bonds is 3. The van der Waals surface area contributed by atoms with Crippen molar-refractivity contribution in [3.8, 4) is 0 Å². The van der Waals surface area contributed by atoms with Crippen LogP contribution < -0.4 is 10.4 Å². The van der Waals surface area contributed by atoms with Gasteiger partial charge in [-0.3, -0.25) is 9.80 Å². The van der Waals surface area contributed by atoms with Crippen molar-refractivity contribution in [2.45, 2.75) is 19.4 Å². The lowest BCUT2D eigenvalue weighted by Crippen LogP contribution is -2.38. The highest BCUT2D eigenvalue weighted by Crippen LogP contribution is 2.23. The smallest absolute Gasteiger partial charge is 0.149 e. The van der Waals surface area contributed by atoms with Crippen LogP contribution in [0.1, 0.15) is 13.3 Å². The standard InChI is InChI=1S/C12H14N2O/c1-2-12-10(9-15)8-13-14(12)11-6-4-3-5-7-11/h3-9,12-13H,2H2,1H3. The quantitative estimate of drug-likeness (QED) is 0.759. The minimum absolute atomic E-state index is 0.143. The van der Waals surface area contributed by atoms with Gasteiger partial charge in [0.15, 0.2) is 0 Å². The van der Waals surface area contributed by atoms with E-state index in [4.69, 9.17) is 0 Å². The number of benzene rings is 1. The number of hydrazine groups is 1. The van der Waals surface area contributed by atoms with Crippen molar-refractivity contribution in [3.63, 3.8) is 0 Å². The van der Waals surface area contributed by atoms with E-state index in [-0.39, 0.29) is 6.04 Å². The van der Waals surface area contributed by atoms with Gasteiger partial charge >= 0.3 is 0 Å². The normalized spacial score (nSPS) is 19.7. The first-order chi connectivity index (χ1) is 7.36. The molecular weight excluding hydrogens is 188 g/mol. The lowest BCUT2D eigenvalue weighted by molar-refractivity contribution is -0.105. The van der Waals surface area contributed by atoms with Gasteiger partial charge in [-0.1, -0.05) is 25.1 Å². The summed E-state index contributed by atoms with van der Waals surface area (Å²) in [5, 5.41) is 2.02. The highest BCUT2D eigenvalue weighted by Gasteiger charge is 2.25. The number of aldehydes is 1. The van der Waals surface area contributed by atoms with E-state index >= 15 is 0 Å². The number of nitrogens with one attached hydrogen (secondary N) is 1. The predicted molar refractivity (Wildman–Crippen MR) is 60.3 cm³/mol. The zero-order chi connectivity index (χ0) is 10.7. The van der Waals surface area contributed by atoms with Gasteiger partial charge < -0.3 is 5.43 Å². The first kappa shape index (κ1) is 9.77. The summed E-state index contributed by atoms with van der Waals surface area (Å²) in [4.78, 5) is 10.8. The Morgan fingerprint density at radius 3 is 2.73 bits per heavy atom. The molecule has 0 spiro atoms. The largest absolute Gasteiger partial charge is 0.305 e. The Labute approximate surface area is 89.4 Å². The summed E-state index contributed by atoms with van der Waals surface area (Å²) in [6.45, 7) is 2.07. The summed E-state index contributed by atoms with van der Waals surface area (Å²) in [7, 11) is 0. The maximum Gasteiger partial charge on any atom is 0.149 e. The average Bonchev–Trinajstić information content (AvgIpc) is 2.72. The third-order valence-corrected chi connectivity index (χ3v) is 2.62. The summed E-state index contributed by atoms with van der Waals surface area (Å²) in [5.41, 5.74) is 5.00. The van der Waals surface area contributed by atoms with Crippen LogP contribution in [0.2, 0.25) is 0 Å². The van der Waals surface area contributed by atoms with Crippen molar-refractivity contribution in [3.05, 3.63) is 42.1 Å². The van der Waals surface area contributed by atoms with Gasteiger partial charge in [-0.15, -0.1) is 0 Å². The zero-order valence-corrected chi connectivity index (χ0v) is 8.68. The van der Waals surface area contributed by atoms with Crippen molar-refractivity contribution in [2.75, 3.05) is 5.01 Å². The third-order valence-electron chi connectivity index (χ3n) is 2.62. The molecule has 15 heavy (non-hydrogen) atoms. The molecule has 1 aliphatic rings. The maximum absolute atomic E-state index is 10.8. The second kappa shape index (κ2) is 4.17. The van der Waals surface area contributed by atoms with Crippen LogP contribution >= 0.6 is 0 Å². The second-order valence-corrected chi connectivity index (χ2v) is 3.52. The molecule has 2 rings (SSSR count). The average molecular weight is 202 g/mol. The topological polar surface area (TPSA) is 32.3 Å². The molecule has 78 valence electrons. The summed E-state index contributed by atoms with van der Waals surface area (Å²) >= 11 is 0. The van der Waals surface area contributed by atoms with Gasteiger partial charge in [-0.2, -0.15) is 0 Å². The molecule has 0 aromatic heterocycles. The minimum atomic E-state index is 0.143. The molecule has 0 saturated carbocycles. The van der Waals surface area contributed by atoms with E-state index in [1.54, 1.807) is 6.20 Å². The fourth-order valence-corrected chi connectivity index (χ4v) is 1.85. The molecule has 1 aliphatic heterocycles. The zero-order valence-electron chi connectivity index (χ0n) is 8.68. The first-order valence-electron chi connectivity index (χ1n) is 5.12. The Hall–Kier alpha value is -1.77. The highest BCUT2D eigenvalue weighted by molar-refractivity contribution is 5.78. The van der Waals surface area contributed by atoms with Gasteiger partial charge in [0.2, 0.25) is 0 Å². The minimum Gasteiger partial charge on any atom is -0.305 e. The Balaban J connectivity index is 2.23. The fraction of sp³-hybridized carbons (Fsp3) is 0.250. The van der Waals surface area contributed by atoms with Gasteiger partial charge in [-0.25, -0.2) is 0 Å². The van der Waals surface area contributed by atoms with E-state index in [0.717, 1.165) is 24.0 Å². The van der Waals surface area contributed by atoms with Gasteiger partial charge in [0.05, 0.1) is 11.7 Å². The number of anilines is 1. The number of nitrogens with zero attached hydrogens (tertiary/aromatic N) is 1. The van der Waals surface area contributed by atoms with E-state index in [9.17, 15) is 4.79 Å². The van der Waals surface area contributed by atoms with Crippen molar-refractivity contribution in [2.24, 2.45) is 0 Å². The Morgan fingerprint density at radius 1 is 1.40 bits per heavy atom. The molecule has 1 aromatic rings. The SMILES string of the molecule is CCC1C(C=O)=CNN1c1ccccc1.